The summed E-state index contributed by atoms with van der Waals surface area (Å²) in [5, 5.41) is 2.54. The van der Waals surface area contributed by atoms with Crippen molar-refractivity contribution in [1.82, 2.24) is 5.06 Å². The van der Waals surface area contributed by atoms with Crippen LogP contribution in [0.4, 0.5) is 0 Å². The molecule has 0 spiro atoms. The van der Waals surface area contributed by atoms with Gasteiger partial charge < -0.3 is 16.2 Å². The number of hydrogen-bond donors (Lipinski definition) is 2. The molecule has 24 heavy (non-hydrogen) atoms. The van der Waals surface area contributed by atoms with Crippen LogP contribution in [0, 0.1) is 0 Å². The summed E-state index contributed by atoms with van der Waals surface area (Å²) >= 11 is 17.8. The lowest BCUT2D eigenvalue weighted by atomic mass is 10.3. The van der Waals surface area contributed by atoms with Gasteiger partial charge in [-0.05, 0) is 13.0 Å². The van der Waals surface area contributed by atoms with E-state index in [4.69, 9.17) is 55.8 Å². The van der Waals surface area contributed by atoms with Crippen molar-refractivity contribution in [3.8, 4) is 5.75 Å². The van der Waals surface area contributed by atoms with E-state index in [1.807, 2.05) is 0 Å². The molecule has 1 aliphatic heterocycles. The number of halogens is 4. The molecule has 4 N–H and O–H groups in total. The Morgan fingerprint density at radius 1 is 1.12 bits per heavy atom. The predicted molar refractivity (Wildman–Crippen MR) is 102 cm³/mol. The molecule has 1 unspecified atom stereocenters. The second kappa shape index (κ2) is 9.53. The highest BCUT2D eigenvalue weighted by Crippen LogP contribution is 2.33. The van der Waals surface area contributed by atoms with Gasteiger partial charge in [0, 0.05) is 12.5 Å². The average Bonchev–Trinajstić information content (AvgIpc) is 2.46. The molecule has 11 heteroatoms. The first-order valence-electron chi connectivity index (χ1n) is 6.75. The van der Waals surface area contributed by atoms with Gasteiger partial charge in [-0.2, -0.15) is 10.1 Å². The van der Waals surface area contributed by atoms with E-state index >= 15 is 0 Å². The van der Waals surface area contributed by atoms with Gasteiger partial charge in [0.15, 0.2) is 0 Å². The third kappa shape index (κ3) is 5.56. The third-order valence-electron chi connectivity index (χ3n) is 2.86. The van der Waals surface area contributed by atoms with Gasteiger partial charge in [-0.25, -0.2) is 4.99 Å². The van der Waals surface area contributed by atoms with Crippen LogP contribution in [0.15, 0.2) is 22.1 Å². The average molecular weight is 462 g/mol. The normalized spacial score (nSPS) is 17.0. The van der Waals surface area contributed by atoms with Gasteiger partial charge in [-0.3, -0.25) is 4.84 Å². The number of ether oxygens (including phenoxy) is 1. The zero-order valence-electron chi connectivity index (χ0n) is 12.7. The number of guanidine groups is 2. The van der Waals surface area contributed by atoms with Crippen LogP contribution >= 0.6 is 51.8 Å². The molecule has 1 heterocycles. The summed E-state index contributed by atoms with van der Waals surface area (Å²) in [6, 6.07) is 3.11. The quantitative estimate of drug-likeness (QED) is 0.501. The van der Waals surface area contributed by atoms with Crippen LogP contribution in [0.1, 0.15) is 13.3 Å². The molecule has 1 aliphatic rings. The highest BCUT2D eigenvalue weighted by Gasteiger charge is 2.21. The minimum absolute atomic E-state index is 0. The Balaban J connectivity index is 0.00000288. The van der Waals surface area contributed by atoms with Crippen LogP contribution in [-0.4, -0.2) is 36.4 Å². The summed E-state index contributed by atoms with van der Waals surface area (Å²) in [7, 11) is 0. The third-order valence-corrected chi connectivity index (χ3v) is 3.88. The van der Waals surface area contributed by atoms with Crippen molar-refractivity contribution in [2.45, 2.75) is 19.5 Å². The molecule has 134 valence electrons. The molecule has 0 amide bonds. The first-order chi connectivity index (χ1) is 10.9. The molecule has 7 nitrogen and oxygen atoms in total. The Labute approximate surface area is 165 Å². The van der Waals surface area contributed by atoms with Gasteiger partial charge >= 0.3 is 0 Å². The molecule has 1 aromatic carbocycles. The minimum atomic E-state index is -0.335. The maximum atomic E-state index is 6.02. The number of nitrogens with zero attached hydrogens (tertiary/aromatic N) is 3. The van der Waals surface area contributed by atoms with Crippen LogP contribution < -0.4 is 16.2 Å². The molecule has 1 atom stereocenters. The topological polar surface area (TPSA) is 98.5 Å². The maximum Gasteiger partial charge on any atom is 0.225 e. The Morgan fingerprint density at radius 2 is 1.79 bits per heavy atom. The largest absolute Gasteiger partial charge is 0.492 e. The molecule has 0 saturated heterocycles. The monoisotopic (exact) mass is 459 g/mol. The zero-order chi connectivity index (χ0) is 17.0. The van der Waals surface area contributed by atoms with E-state index in [9.17, 15) is 0 Å². The van der Waals surface area contributed by atoms with Crippen molar-refractivity contribution in [2.24, 2.45) is 21.5 Å². The van der Waals surface area contributed by atoms with E-state index in [-0.39, 0.29) is 35.1 Å². The number of benzene rings is 1. The SMILES string of the molecule is Br.CC1N=C(N)N=C(N)N1OCCCOc1cc(Cl)c(Cl)cc1Cl. The second-order valence-electron chi connectivity index (χ2n) is 4.65. The van der Waals surface area contributed by atoms with Crippen molar-refractivity contribution in [3.05, 3.63) is 27.2 Å². The van der Waals surface area contributed by atoms with Crippen molar-refractivity contribution in [3.63, 3.8) is 0 Å². The molecule has 0 bridgehead atoms. The van der Waals surface area contributed by atoms with E-state index in [0.29, 0.717) is 40.5 Å². The van der Waals surface area contributed by atoms with Crippen LogP contribution in [0.2, 0.25) is 15.1 Å². The summed E-state index contributed by atoms with van der Waals surface area (Å²) in [6.07, 6.45) is 0.254. The molecule has 0 radical (unpaired) electrons. The Bertz CT molecular complexity index is 644. The Hall–Kier alpha value is -0.930. The van der Waals surface area contributed by atoms with Crippen LogP contribution in [0.3, 0.4) is 0 Å². The van der Waals surface area contributed by atoms with Gasteiger partial charge in [0.25, 0.3) is 0 Å². The predicted octanol–water partition coefficient (Wildman–Crippen LogP) is 3.22. The van der Waals surface area contributed by atoms with Gasteiger partial charge in [-0.15, -0.1) is 17.0 Å². The van der Waals surface area contributed by atoms with E-state index in [1.54, 1.807) is 13.0 Å². The molecular formula is C13H17BrCl3N5O2. The summed E-state index contributed by atoms with van der Waals surface area (Å²) in [5.41, 5.74) is 11.2. The fraction of sp³-hybridized carbons (Fsp3) is 0.385. The number of nitrogens with two attached hydrogens (primary N) is 2. The Kier molecular flexibility index (Phi) is 8.38. The first kappa shape index (κ1) is 21.1. The highest BCUT2D eigenvalue weighted by molar-refractivity contribution is 8.93. The van der Waals surface area contributed by atoms with Gasteiger partial charge in [0.1, 0.15) is 11.9 Å². The van der Waals surface area contributed by atoms with Crippen LogP contribution in [-0.2, 0) is 4.84 Å². The number of hydroxylamine groups is 2. The van der Waals surface area contributed by atoms with Crippen molar-refractivity contribution >= 4 is 63.7 Å². The number of hydrogen-bond acceptors (Lipinski definition) is 7. The van der Waals surface area contributed by atoms with Crippen LogP contribution in [0.25, 0.3) is 0 Å². The van der Waals surface area contributed by atoms with E-state index in [1.165, 1.54) is 11.1 Å². The summed E-state index contributed by atoms with van der Waals surface area (Å²) in [5.74, 6) is 0.761. The lowest BCUT2D eigenvalue weighted by molar-refractivity contribution is -0.126. The minimum Gasteiger partial charge on any atom is -0.492 e. The number of aliphatic imine (C=N–C) groups is 2. The molecule has 0 fully saturated rings. The lowest BCUT2D eigenvalue weighted by Gasteiger charge is -2.28. The second-order valence-corrected chi connectivity index (χ2v) is 5.87. The van der Waals surface area contributed by atoms with Crippen molar-refractivity contribution < 1.29 is 9.57 Å². The zero-order valence-corrected chi connectivity index (χ0v) is 16.7. The van der Waals surface area contributed by atoms with Gasteiger partial charge in [0.05, 0.1) is 28.3 Å². The van der Waals surface area contributed by atoms with Gasteiger partial charge in [-0.1, -0.05) is 34.8 Å². The molecule has 0 aliphatic carbocycles. The maximum absolute atomic E-state index is 6.02. The molecule has 0 saturated carbocycles. The number of rotatable bonds is 6. The molecule has 2 rings (SSSR count). The summed E-state index contributed by atoms with van der Waals surface area (Å²) < 4.78 is 5.55. The lowest BCUT2D eigenvalue weighted by Crippen LogP contribution is -2.47. The molecular weight excluding hydrogens is 444 g/mol. The van der Waals surface area contributed by atoms with Crippen LogP contribution in [0.5, 0.6) is 5.75 Å². The molecule has 0 aromatic heterocycles. The van der Waals surface area contributed by atoms with Crippen molar-refractivity contribution in [1.29, 1.82) is 0 Å². The molecule has 1 aromatic rings. The Morgan fingerprint density at radius 3 is 2.46 bits per heavy atom. The fourth-order valence-electron chi connectivity index (χ4n) is 1.82. The van der Waals surface area contributed by atoms with E-state index in [0.717, 1.165) is 0 Å². The van der Waals surface area contributed by atoms with E-state index in [2.05, 4.69) is 9.98 Å². The standard InChI is InChI=1S/C13H16Cl3N5O2.BrH/c1-7-19-12(17)20-13(18)21(7)23-4-2-3-22-11-6-9(15)8(14)5-10(11)16;/h5-7H,2-4H2,1H3,(H4,17,18,19,20);1H. The summed E-state index contributed by atoms with van der Waals surface area (Å²) in [4.78, 5) is 13.4. The highest BCUT2D eigenvalue weighted by atomic mass is 79.9. The fourth-order valence-corrected chi connectivity index (χ4v) is 2.42. The van der Waals surface area contributed by atoms with Crippen molar-refractivity contribution in [2.75, 3.05) is 13.2 Å². The smallest absolute Gasteiger partial charge is 0.225 e. The first-order valence-corrected chi connectivity index (χ1v) is 7.89. The summed E-state index contributed by atoms with van der Waals surface area (Å²) in [6.45, 7) is 2.53. The van der Waals surface area contributed by atoms with Gasteiger partial charge in [0.2, 0.25) is 11.9 Å². The van der Waals surface area contributed by atoms with E-state index < -0.39 is 0 Å².